The lowest BCUT2D eigenvalue weighted by molar-refractivity contribution is 0.112. The second kappa shape index (κ2) is 27.1. The minimum atomic E-state index is 0.0109. The molecule has 0 aliphatic carbocycles. The van der Waals surface area contributed by atoms with Crippen molar-refractivity contribution in [3.8, 4) is 77.1 Å². The number of hydrogen-bond donors (Lipinski definition) is 3. The highest BCUT2D eigenvalue weighted by Crippen LogP contribution is 2.47. The Morgan fingerprint density at radius 1 is 0.371 bits per heavy atom. The largest absolute Gasteiger partial charge is 0.507 e. The van der Waals surface area contributed by atoms with E-state index in [-0.39, 0.29) is 33.2 Å². The van der Waals surface area contributed by atoms with Gasteiger partial charge in [-0.25, -0.2) is 9.97 Å². The van der Waals surface area contributed by atoms with E-state index in [0.29, 0.717) is 17.4 Å². The summed E-state index contributed by atoms with van der Waals surface area (Å²) < 4.78 is 2.29. The van der Waals surface area contributed by atoms with E-state index in [9.17, 15) is 9.90 Å². The summed E-state index contributed by atoms with van der Waals surface area (Å²) in [5, 5.41) is 25.9. The van der Waals surface area contributed by atoms with Crippen LogP contribution in [0.1, 0.15) is 121 Å². The molecular formula is C88H82N4O3S2. The molecule has 0 radical (unpaired) electrons. The number of anilines is 1. The number of benzene rings is 12. The van der Waals surface area contributed by atoms with Crippen molar-refractivity contribution in [2.24, 2.45) is 4.99 Å². The van der Waals surface area contributed by atoms with Crippen LogP contribution in [0.5, 0.6) is 11.5 Å². The first-order valence-electron chi connectivity index (χ1n) is 33.0. The number of aromatic hydroxyl groups is 2. The van der Waals surface area contributed by atoms with Crippen molar-refractivity contribution in [3.05, 3.63) is 276 Å². The van der Waals surface area contributed by atoms with Gasteiger partial charge in [0, 0.05) is 39.7 Å². The monoisotopic (exact) mass is 1310 g/mol. The minimum absolute atomic E-state index is 0.0109. The topological polar surface area (TPSA) is 122 Å². The van der Waals surface area contributed by atoms with Gasteiger partial charge in [-0.05, 0) is 172 Å². The number of para-hydroxylation sites is 4. The molecule has 0 amide bonds. The number of thiazole rings is 2. The van der Waals surface area contributed by atoms with Gasteiger partial charge in [-0.2, -0.15) is 0 Å². The van der Waals surface area contributed by atoms with Crippen LogP contribution >= 0.6 is 22.7 Å². The van der Waals surface area contributed by atoms with Crippen LogP contribution in [0.3, 0.4) is 0 Å². The molecule has 12 aromatic carbocycles. The molecule has 484 valence electrons. The third-order valence-corrected chi connectivity index (χ3v) is 19.9. The fourth-order valence-corrected chi connectivity index (χ4v) is 14.2. The number of carbonyl (C=O) groups is 1. The Balaban J connectivity index is 0.000000166. The lowest BCUT2D eigenvalue weighted by atomic mass is 9.78. The Hall–Kier alpha value is -10.3. The first-order valence-corrected chi connectivity index (χ1v) is 34.6. The summed E-state index contributed by atoms with van der Waals surface area (Å²) in [6.45, 7) is 27.5. The molecule has 2 heterocycles. The van der Waals surface area contributed by atoms with E-state index in [1.54, 1.807) is 53.2 Å². The molecule has 14 rings (SSSR count). The van der Waals surface area contributed by atoms with Crippen molar-refractivity contribution < 1.29 is 15.0 Å². The highest BCUT2D eigenvalue weighted by molar-refractivity contribution is 7.22. The summed E-state index contributed by atoms with van der Waals surface area (Å²) >= 11 is 3.41. The Morgan fingerprint density at radius 2 is 0.732 bits per heavy atom. The molecule has 2 aromatic heterocycles. The van der Waals surface area contributed by atoms with E-state index in [1.807, 2.05) is 54.6 Å². The lowest BCUT2D eigenvalue weighted by Gasteiger charge is -2.26. The molecule has 4 N–H and O–H groups in total. The Bertz CT molecular complexity index is 5220. The lowest BCUT2D eigenvalue weighted by Crippen LogP contribution is -2.16. The maximum Gasteiger partial charge on any atom is 0.153 e. The van der Waals surface area contributed by atoms with Crippen molar-refractivity contribution >= 4 is 88.5 Å². The quantitative estimate of drug-likeness (QED) is 0.0752. The van der Waals surface area contributed by atoms with Gasteiger partial charge < -0.3 is 15.9 Å². The number of nitrogens with two attached hydrogens (primary N) is 1. The van der Waals surface area contributed by atoms with Crippen molar-refractivity contribution in [2.75, 3.05) is 5.73 Å². The highest BCUT2D eigenvalue weighted by atomic mass is 32.1. The molecule has 0 fully saturated rings. The fourth-order valence-electron chi connectivity index (χ4n) is 12.1. The standard InChI is InChI=1S/C44H40N2OS.C37H36N2S.C7H6O2/c1-43(2,3)32-22-30(23-33(26-32)44(4,5)6)31-24-37(35-19-13-16-28-14-7-9-17-34(28)35)41-40(25-31)48-42(46-41)36-18-10-11-20-38(36)45-27-29-15-8-12-21-39(29)47;1-36(2,3)26-18-24(19-27(22-26)37(4,5)6)25-20-31(29-16-11-13-23-12-7-8-14-28(23)29)34-33(21-25)40-35(39-34)30-15-9-10-17-32(30)38;8-5-6-3-1-2-4-7(6)9/h7-27,47H,1-6H3;7-22H,38H2,1-6H3;1-5,9H. The third kappa shape index (κ3) is 14.6. The van der Waals surface area contributed by atoms with Gasteiger partial charge in [-0.15, -0.1) is 22.7 Å². The van der Waals surface area contributed by atoms with Gasteiger partial charge in [0.2, 0.25) is 0 Å². The first-order chi connectivity index (χ1) is 46.3. The van der Waals surface area contributed by atoms with Crippen LogP contribution in [-0.4, -0.2) is 32.7 Å². The molecule has 0 saturated heterocycles. The van der Waals surface area contributed by atoms with Gasteiger partial charge in [0.05, 0.1) is 31.7 Å². The second-order valence-corrected chi connectivity index (χ2v) is 31.1. The molecule has 9 heteroatoms. The summed E-state index contributed by atoms with van der Waals surface area (Å²) in [6.07, 6.45) is 2.34. The zero-order valence-corrected chi connectivity index (χ0v) is 58.9. The number of rotatable bonds is 9. The van der Waals surface area contributed by atoms with Crippen LogP contribution in [0.25, 0.3) is 108 Å². The van der Waals surface area contributed by atoms with E-state index in [0.717, 1.165) is 64.1 Å². The maximum absolute atomic E-state index is 10.3. The van der Waals surface area contributed by atoms with Crippen LogP contribution in [0, 0.1) is 0 Å². The van der Waals surface area contributed by atoms with E-state index < -0.39 is 0 Å². The van der Waals surface area contributed by atoms with Gasteiger partial charge in [-0.3, -0.25) is 9.79 Å². The average Bonchev–Trinajstić information content (AvgIpc) is 1.68. The van der Waals surface area contributed by atoms with Gasteiger partial charge >= 0.3 is 0 Å². The predicted molar refractivity (Wildman–Crippen MR) is 415 cm³/mol. The van der Waals surface area contributed by atoms with E-state index in [1.165, 1.54) is 83.2 Å². The molecular weight excluding hydrogens is 1230 g/mol. The van der Waals surface area contributed by atoms with Crippen LogP contribution in [0.4, 0.5) is 11.4 Å². The number of aliphatic imine (C=N–C) groups is 1. The van der Waals surface area contributed by atoms with Crippen molar-refractivity contribution in [3.63, 3.8) is 0 Å². The molecule has 7 nitrogen and oxygen atoms in total. The summed E-state index contributed by atoms with van der Waals surface area (Å²) in [6, 6.07) is 83.6. The number of phenolic OH excluding ortho intramolecular Hbond substituents is 2. The van der Waals surface area contributed by atoms with Crippen molar-refractivity contribution in [2.45, 2.75) is 105 Å². The molecule has 0 aliphatic heterocycles. The average molecular weight is 1310 g/mol. The van der Waals surface area contributed by atoms with E-state index in [4.69, 9.17) is 25.8 Å². The van der Waals surface area contributed by atoms with Crippen LogP contribution < -0.4 is 5.73 Å². The second-order valence-electron chi connectivity index (χ2n) is 29.0. The summed E-state index contributed by atoms with van der Waals surface area (Å²) in [5.41, 5.74) is 27.9. The van der Waals surface area contributed by atoms with Gasteiger partial charge in [0.1, 0.15) is 21.5 Å². The molecule has 0 spiro atoms. The van der Waals surface area contributed by atoms with Gasteiger partial charge in [-0.1, -0.05) is 253 Å². The van der Waals surface area contributed by atoms with Gasteiger partial charge in [0.15, 0.2) is 6.29 Å². The Labute approximate surface area is 578 Å². The molecule has 97 heavy (non-hydrogen) atoms. The molecule has 0 atom stereocenters. The number of hydrogen-bond acceptors (Lipinski definition) is 9. The number of phenols is 2. The summed E-state index contributed by atoms with van der Waals surface area (Å²) in [7, 11) is 0. The molecule has 14 aromatic rings. The zero-order chi connectivity index (χ0) is 68.6. The normalized spacial score (nSPS) is 12.0. The number of aldehydes is 1. The number of nitrogens with zero attached hydrogens (tertiary/aromatic N) is 3. The minimum Gasteiger partial charge on any atom is -0.507 e. The van der Waals surface area contributed by atoms with Crippen LogP contribution in [0.15, 0.2) is 248 Å². The van der Waals surface area contributed by atoms with Gasteiger partial charge in [0.25, 0.3) is 0 Å². The predicted octanol–water partition coefficient (Wildman–Crippen LogP) is 24.3. The molecule has 0 bridgehead atoms. The SMILES string of the molecule is CC(C)(C)c1cc(-c2cc(-c3cccc4ccccc34)c3nc(-c4ccccc4N)sc3c2)cc(C(C)(C)C)c1.CC(C)(C)c1cc(-c2cc(-c3cccc4ccccc34)c3nc(-c4ccccc4N=Cc4ccccc4O)sc3c2)cc(C(C)(C)C)c1.O=Cc1ccccc1O. The smallest absolute Gasteiger partial charge is 0.153 e. The number of fused-ring (bicyclic) bond motifs is 4. The number of aromatic nitrogens is 2. The van der Waals surface area contributed by atoms with Crippen LogP contribution in [0.2, 0.25) is 0 Å². The third-order valence-electron chi connectivity index (χ3n) is 17.8. The van der Waals surface area contributed by atoms with E-state index in [2.05, 4.69) is 241 Å². The number of nitrogen functional groups attached to an aromatic ring is 1. The summed E-state index contributed by atoms with van der Waals surface area (Å²) in [4.78, 5) is 25.4. The van der Waals surface area contributed by atoms with Crippen LogP contribution in [-0.2, 0) is 21.7 Å². The summed E-state index contributed by atoms with van der Waals surface area (Å²) in [5.74, 6) is 0.239. The van der Waals surface area contributed by atoms with Crippen molar-refractivity contribution in [1.29, 1.82) is 0 Å². The van der Waals surface area contributed by atoms with Crippen molar-refractivity contribution in [1.82, 2.24) is 9.97 Å². The molecule has 0 saturated carbocycles. The zero-order valence-electron chi connectivity index (χ0n) is 57.3. The highest BCUT2D eigenvalue weighted by Gasteiger charge is 2.26. The fraction of sp³-hybridized carbons (Fsp3) is 0.182. The molecule has 0 unspecified atom stereocenters. The first kappa shape index (κ1) is 66.7. The Morgan fingerprint density at radius 3 is 1.16 bits per heavy atom. The van der Waals surface area contributed by atoms with E-state index >= 15 is 0 Å². The molecule has 0 aliphatic rings. The maximum atomic E-state index is 10.3. The number of carbonyl (C=O) groups excluding carboxylic acids is 1. The Kier molecular flexibility index (Phi) is 18.6.